The first-order valence-electron chi connectivity index (χ1n) is 12.4. The van der Waals surface area contributed by atoms with Gasteiger partial charge in [-0.2, -0.15) is 9.61 Å². The van der Waals surface area contributed by atoms with Crippen LogP contribution in [0.1, 0.15) is 28.4 Å². The number of nitrogens with zero attached hydrogens (tertiary/aromatic N) is 5. The number of amides is 1. The summed E-state index contributed by atoms with van der Waals surface area (Å²) in [4.78, 5) is 22.8. The molecule has 6 rings (SSSR count). The fraction of sp³-hybridized carbons (Fsp3) is 0.321. The lowest BCUT2D eigenvalue weighted by Gasteiger charge is -2.43. The van der Waals surface area contributed by atoms with E-state index in [1.807, 2.05) is 65.1 Å². The molecule has 1 fully saturated rings. The van der Waals surface area contributed by atoms with Crippen molar-refractivity contribution in [3.8, 4) is 0 Å². The molecule has 0 saturated carbocycles. The van der Waals surface area contributed by atoms with Gasteiger partial charge in [-0.25, -0.2) is 4.98 Å². The minimum absolute atomic E-state index is 0.0479. The van der Waals surface area contributed by atoms with Gasteiger partial charge < -0.3 is 15.1 Å². The molecule has 2 aromatic heterocycles. The van der Waals surface area contributed by atoms with Gasteiger partial charge in [-0.05, 0) is 24.1 Å². The molecule has 0 spiro atoms. The van der Waals surface area contributed by atoms with E-state index in [4.69, 9.17) is 4.98 Å². The summed E-state index contributed by atoms with van der Waals surface area (Å²) in [5, 5.41) is 8.05. The van der Waals surface area contributed by atoms with E-state index in [1.165, 1.54) is 5.56 Å². The number of aromatic nitrogens is 3. The molecular formula is C28H30N6O. The predicted molar refractivity (Wildman–Crippen MR) is 136 cm³/mol. The second kappa shape index (κ2) is 9.15. The zero-order chi connectivity index (χ0) is 23.8. The van der Waals surface area contributed by atoms with E-state index in [1.54, 1.807) is 0 Å². The highest BCUT2D eigenvalue weighted by Crippen LogP contribution is 2.34. The predicted octanol–water partition coefficient (Wildman–Crippen LogP) is 3.10. The second-order valence-corrected chi connectivity index (χ2v) is 9.49. The molecular weight excluding hydrogens is 436 g/mol. The van der Waals surface area contributed by atoms with Crippen LogP contribution in [0.25, 0.3) is 5.65 Å². The van der Waals surface area contributed by atoms with Gasteiger partial charge in [0, 0.05) is 44.7 Å². The quantitative estimate of drug-likeness (QED) is 0.490. The third-order valence-corrected chi connectivity index (χ3v) is 7.28. The molecule has 2 aliphatic rings. The monoisotopic (exact) mass is 466 g/mol. The van der Waals surface area contributed by atoms with Crippen molar-refractivity contribution in [3.05, 3.63) is 95.3 Å². The minimum Gasteiger partial charge on any atom is -0.354 e. The van der Waals surface area contributed by atoms with Crippen LogP contribution in [0, 0.1) is 5.92 Å². The molecule has 178 valence electrons. The maximum absolute atomic E-state index is 13.7. The van der Waals surface area contributed by atoms with Gasteiger partial charge in [0.05, 0.1) is 23.9 Å². The molecule has 35 heavy (non-hydrogen) atoms. The highest BCUT2D eigenvalue weighted by molar-refractivity contribution is 5.83. The summed E-state index contributed by atoms with van der Waals surface area (Å²) < 4.78 is 1.95. The first kappa shape index (κ1) is 21.8. The van der Waals surface area contributed by atoms with Crippen LogP contribution in [-0.4, -0.2) is 58.6 Å². The lowest BCUT2D eigenvalue weighted by atomic mass is 9.93. The SMILES string of the molecule is CN(C(=O)C1CN(c2c3c(nc4ccnn24)CCNCC3)C1)C(c1ccccc1)c1ccccc1. The van der Waals surface area contributed by atoms with Gasteiger partial charge in [0.2, 0.25) is 5.91 Å². The largest absolute Gasteiger partial charge is 0.354 e. The van der Waals surface area contributed by atoms with Crippen molar-refractivity contribution < 1.29 is 4.79 Å². The summed E-state index contributed by atoms with van der Waals surface area (Å²) in [6.07, 6.45) is 3.65. The van der Waals surface area contributed by atoms with E-state index in [0.29, 0.717) is 13.1 Å². The Bertz CT molecular complexity index is 1290. The summed E-state index contributed by atoms with van der Waals surface area (Å²) in [6, 6.07) is 22.4. The van der Waals surface area contributed by atoms with E-state index in [-0.39, 0.29) is 17.9 Å². The van der Waals surface area contributed by atoms with Crippen molar-refractivity contribution in [1.82, 2.24) is 24.8 Å². The number of fused-ring (bicyclic) bond motifs is 2. The number of carbonyl (C=O) groups excluding carboxylic acids is 1. The van der Waals surface area contributed by atoms with Crippen molar-refractivity contribution in [1.29, 1.82) is 0 Å². The fourth-order valence-corrected chi connectivity index (χ4v) is 5.47. The Kier molecular flexibility index (Phi) is 5.70. The third-order valence-electron chi connectivity index (χ3n) is 7.28. The summed E-state index contributed by atoms with van der Waals surface area (Å²) in [5.41, 5.74) is 5.53. The van der Waals surface area contributed by atoms with Crippen molar-refractivity contribution in [3.63, 3.8) is 0 Å². The molecule has 4 heterocycles. The smallest absolute Gasteiger partial charge is 0.229 e. The zero-order valence-corrected chi connectivity index (χ0v) is 20.0. The summed E-state index contributed by atoms with van der Waals surface area (Å²) in [6.45, 7) is 3.26. The molecule has 2 aromatic carbocycles. The maximum atomic E-state index is 13.7. The molecule has 0 unspecified atom stereocenters. The van der Waals surface area contributed by atoms with Gasteiger partial charge in [0.1, 0.15) is 5.82 Å². The molecule has 1 N–H and O–H groups in total. The number of nitrogens with one attached hydrogen (secondary N) is 1. The number of hydrogen-bond donors (Lipinski definition) is 1. The fourth-order valence-electron chi connectivity index (χ4n) is 5.47. The lowest BCUT2D eigenvalue weighted by Crippen LogP contribution is -2.55. The molecule has 7 heteroatoms. The van der Waals surface area contributed by atoms with Crippen LogP contribution in [-0.2, 0) is 17.6 Å². The topological polar surface area (TPSA) is 65.8 Å². The van der Waals surface area contributed by atoms with E-state index < -0.39 is 0 Å². The normalized spacial score (nSPS) is 16.1. The van der Waals surface area contributed by atoms with Gasteiger partial charge in [-0.1, -0.05) is 60.7 Å². The van der Waals surface area contributed by atoms with Crippen LogP contribution >= 0.6 is 0 Å². The van der Waals surface area contributed by atoms with E-state index in [9.17, 15) is 4.79 Å². The van der Waals surface area contributed by atoms with E-state index in [2.05, 4.69) is 39.6 Å². The van der Waals surface area contributed by atoms with Crippen molar-refractivity contribution in [2.75, 3.05) is 38.1 Å². The van der Waals surface area contributed by atoms with Crippen LogP contribution in [0.4, 0.5) is 5.82 Å². The molecule has 0 bridgehead atoms. The number of hydrogen-bond acceptors (Lipinski definition) is 5. The van der Waals surface area contributed by atoms with Crippen LogP contribution < -0.4 is 10.2 Å². The Hall–Kier alpha value is -3.71. The number of carbonyl (C=O) groups is 1. The highest BCUT2D eigenvalue weighted by atomic mass is 16.2. The molecule has 1 amide bonds. The second-order valence-electron chi connectivity index (χ2n) is 9.49. The van der Waals surface area contributed by atoms with Gasteiger partial charge >= 0.3 is 0 Å². The first-order valence-corrected chi connectivity index (χ1v) is 12.4. The van der Waals surface area contributed by atoms with Gasteiger partial charge in [-0.3, -0.25) is 4.79 Å². The average Bonchev–Trinajstić information content (AvgIpc) is 3.20. The Labute approximate surface area is 205 Å². The number of rotatable bonds is 5. The summed E-state index contributed by atoms with van der Waals surface area (Å²) in [7, 11) is 1.94. The Balaban J connectivity index is 1.26. The Morgan fingerprint density at radius 1 is 0.971 bits per heavy atom. The van der Waals surface area contributed by atoms with Crippen molar-refractivity contribution in [2.24, 2.45) is 5.92 Å². The van der Waals surface area contributed by atoms with Crippen LogP contribution in [0.2, 0.25) is 0 Å². The van der Waals surface area contributed by atoms with E-state index in [0.717, 1.165) is 54.2 Å². The summed E-state index contributed by atoms with van der Waals surface area (Å²) >= 11 is 0. The number of benzene rings is 2. The van der Waals surface area contributed by atoms with Crippen molar-refractivity contribution >= 4 is 17.4 Å². The average molecular weight is 467 g/mol. The lowest BCUT2D eigenvalue weighted by molar-refractivity contribution is -0.136. The van der Waals surface area contributed by atoms with Gasteiger partial charge in [0.25, 0.3) is 0 Å². The standard InChI is InChI=1S/C28H30N6O/c1-32(26(20-8-4-2-5-9-20)21-10-6-3-7-11-21)28(35)22-18-33(19-22)27-23-12-15-29-16-13-24(23)31-25-14-17-30-34(25)27/h2-11,14,17,22,26,29H,12-13,15-16,18-19H2,1H3. The minimum atomic E-state index is -0.111. The molecule has 0 aliphatic carbocycles. The van der Waals surface area contributed by atoms with Gasteiger partial charge in [0.15, 0.2) is 5.65 Å². The molecule has 4 aromatic rings. The van der Waals surface area contributed by atoms with Crippen molar-refractivity contribution in [2.45, 2.75) is 18.9 Å². The molecule has 0 radical (unpaired) electrons. The third kappa shape index (κ3) is 3.96. The molecule has 7 nitrogen and oxygen atoms in total. The van der Waals surface area contributed by atoms with E-state index >= 15 is 0 Å². The molecule has 0 atom stereocenters. The Morgan fingerprint density at radius 3 is 2.31 bits per heavy atom. The highest BCUT2D eigenvalue weighted by Gasteiger charge is 2.39. The van der Waals surface area contributed by atoms with Crippen LogP contribution in [0.3, 0.4) is 0 Å². The zero-order valence-electron chi connectivity index (χ0n) is 20.0. The van der Waals surface area contributed by atoms with Gasteiger partial charge in [-0.15, -0.1) is 0 Å². The molecule has 2 aliphatic heterocycles. The first-order chi connectivity index (χ1) is 17.2. The Morgan fingerprint density at radius 2 is 1.63 bits per heavy atom. The van der Waals surface area contributed by atoms with Crippen LogP contribution in [0.5, 0.6) is 0 Å². The number of anilines is 1. The molecule has 1 saturated heterocycles. The van der Waals surface area contributed by atoms with Crippen LogP contribution in [0.15, 0.2) is 72.9 Å². The summed E-state index contributed by atoms with van der Waals surface area (Å²) in [5.74, 6) is 1.24. The maximum Gasteiger partial charge on any atom is 0.229 e.